The van der Waals surface area contributed by atoms with E-state index in [1.807, 2.05) is 25.7 Å². The summed E-state index contributed by atoms with van der Waals surface area (Å²) in [7, 11) is -3.37. The summed E-state index contributed by atoms with van der Waals surface area (Å²) in [5.41, 5.74) is 2.53. The lowest BCUT2D eigenvalue weighted by Gasteiger charge is -2.37. The normalized spacial score (nSPS) is 17.2. The largest absolute Gasteiger partial charge is 0.463 e. The Labute approximate surface area is 178 Å². The molecule has 2 N–H and O–H groups in total. The van der Waals surface area contributed by atoms with Crippen molar-refractivity contribution in [2.75, 3.05) is 23.6 Å². The summed E-state index contributed by atoms with van der Waals surface area (Å²) in [5.74, 6) is -0.307. The first kappa shape index (κ1) is 23.2. The maximum atomic E-state index is 12.6. The van der Waals surface area contributed by atoms with Gasteiger partial charge in [-0.1, -0.05) is 25.5 Å². The molecule has 1 unspecified atom stereocenters. The lowest BCUT2D eigenvalue weighted by Crippen LogP contribution is -2.47. The number of rotatable bonds is 9. The van der Waals surface area contributed by atoms with Crippen LogP contribution >= 0.6 is 12.2 Å². The molecule has 0 saturated heterocycles. The third-order valence-corrected chi connectivity index (χ3v) is 6.40. The van der Waals surface area contributed by atoms with Crippen molar-refractivity contribution in [3.8, 4) is 0 Å². The zero-order chi connectivity index (χ0) is 21.6. The molecule has 1 atom stereocenters. The third-order valence-electron chi connectivity index (χ3n) is 4.69. The van der Waals surface area contributed by atoms with Crippen LogP contribution in [0.5, 0.6) is 0 Å². The Morgan fingerprint density at radius 2 is 1.90 bits per heavy atom. The molecule has 1 aliphatic heterocycles. The van der Waals surface area contributed by atoms with E-state index in [1.165, 1.54) is 0 Å². The van der Waals surface area contributed by atoms with Gasteiger partial charge in [-0.25, -0.2) is 13.2 Å². The van der Waals surface area contributed by atoms with Gasteiger partial charge in [-0.3, -0.25) is 4.72 Å². The molecule has 7 nitrogen and oxygen atoms in total. The number of nitrogens with one attached hydrogen (secondary N) is 2. The highest BCUT2D eigenvalue weighted by atomic mass is 32.2. The van der Waals surface area contributed by atoms with Crippen LogP contribution in [0.4, 0.5) is 5.69 Å². The number of esters is 1. The van der Waals surface area contributed by atoms with Gasteiger partial charge in [-0.2, -0.15) is 0 Å². The minimum absolute atomic E-state index is 0.0888. The van der Waals surface area contributed by atoms with Gasteiger partial charge in [0, 0.05) is 17.9 Å². The van der Waals surface area contributed by atoms with Crippen LogP contribution in [0.25, 0.3) is 0 Å². The van der Waals surface area contributed by atoms with Gasteiger partial charge in [0.1, 0.15) is 0 Å². The van der Waals surface area contributed by atoms with Gasteiger partial charge in [-0.15, -0.1) is 0 Å². The molecular weight excluding hydrogens is 410 g/mol. The summed E-state index contributed by atoms with van der Waals surface area (Å²) in [6.07, 6.45) is 1.42. The van der Waals surface area contributed by atoms with Crippen molar-refractivity contribution >= 4 is 39.0 Å². The van der Waals surface area contributed by atoms with Gasteiger partial charge in [0.15, 0.2) is 5.11 Å². The summed E-state index contributed by atoms with van der Waals surface area (Å²) in [6, 6.07) is 6.48. The lowest BCUT2D eigenvalue weighted by atomic mass is 9.95. The minimum Gasteiger partial charge on any atom is -0.463 e. The van der Waals surface area contributed by atoms with Crippen LogP contribution in [0.3, 0.4) is 0 Å². The van der Waals surface area contributed by atoms with E-state index < -0.39 is 22.0 Å². The molecule has 0 radical (unpaired) electrons. The molecule has 0 bridgehead atoms. The van der Waals surface area contributed by atoms with E-state index in [0.29, 0.717) is 29.3 Å². The van der Waals surface area contributed by atoms with Gasteiger partial charge < -0.3 is 15.0 Å². The van der Waals surface area contributed by atoms with Crippen molar-refractivity contribution in [3.63, 3.8) is 0 Å². The lowest BCUT2D eigenvalue weighted by molar-refractivity contribution is -0.139. The molecule has 1 heterocycles. The number of thiocarbonyl (C=S) groups is 1. The molecule has 1 aromatic carbocycles. The summed E-state index contributed by atoms with van der Waals surface area (Å²) >= 11 is 5.46. The zero-order valence-electron chi connectivity index (χ0n) is 17.3. The van der Waals surface area contributed by atoms with Crippen molar-refractivity contribution in [2.45, 2.75) is 46.6 Å². The number of sulfonamides is 1. The average molecular weight is 440 g/mol. The zero-order valence-corrected chi connectivity index (χ0v) is 19.0. The number of unbranched alkanes of at least 4 members (excludes halogenated alkanes) is 1. The number of allylic oxidation sites excluding steroid dienone is 1. The van der Waals surface area contributed by atoms with Gasteiger partial charge in [0.05, 0.1) is 24.0 Å². The monoisotopic (exact) mass is 439 g/mol. The highest BCUT2D eigenvalue weighted by Gasteiger charge is 2.34. The van der Waals surface area contributed by atoms with E-state index in [0.717, 1.165) is 17.7 Å². The Morgan fingerprint density at radius 3 is 2.45 bits per heavy atom. The minimum atomic E-state index is -3.37. The summed E-state index contributed by atoms with van der Waals surface area (Å²) < 4.78 is 32.0. The molecule has 0 fully saturated rings. The number of benzene rings is 1. The van der Waals surface area contributed by atoms with Crippen molar-refractivity contribution < 1.29 is 17.9 Å². The fourth-order valence-corrected chi connectivity index (χ4v) is 4.84. The number of carbonyl (C=O) groups is 1. The maximum Gasteiger partial charge on any atom is 0.338 e. The number of anilines is 1. The SMILES string of the molecule is CCCCS(=O)(=O)Nc1ccc(C2NC(=S)N(CC)C(C)=C2C(=O)OCC)cc1. The van der Waals surface area contributed by atoms with Gasteiger partial charge >= 0.3 is 5.97 Å². The first-order valence-corrected chi connectivity index (χ1v) is 11.9. The first-order valence-electron chi connectivity index (χ1n) is 9.80. The molecule has 0 spiro atoms. The standard InChI is InChI=1S/C20H29N3O4S2/c1-5-8-13-29(25,26)22-16-11-9-15(10-12-16)18-17(19(24)27-7-3)14(4)23(6-2)20(28)21-18/h9-12,18,22H,5-8,13H2,1-4H3,(H,21,28). The Balaban J connectivity index is 2.32. The predicted octanol–water partition coefficient (Wildman–Crippen LogP) is 3.32. The highest BCUT2D eigenvalue weighted by molar-refractivity contribution is 7.92. The quantitative estimate of drug-likeness (QED) is 0.451. The smallest absolute Gasteiger partial charge is 0.338 e. The molecule has 1 aromatic rings. The van der Waals surface area contributed by atoms with Crippen LogP contribution in [-0.2, 0) is 19.6 Å². The van der Waals surface area contributed by atoms with Crippen molar-refractivity contribution in [1.82, 2.24) is 10.2 Å². The Kier molecular flexibility index (Phi) is 8.04. The Hall–Kier alpha value is -2.13. The van der Waals surface area contributed by atoms with Gasteiger partial charge in [0.25, 0.3) is 0 Å². The number of carbonyl (C=O) groups excluding carboxylic acids is 1. The van der Waals surface area contributed by atoms with E-state index in [9.17, 15) is 13.2 Å². The molecule has 0 aliphatic carbocycles. The molecule has 29 heavy (non-hydrogen) atoms. The first-order chi connectivity index (χ1) is 13.7. The van der Waals surface area contributed by atoms with Gasteiger partial charge in [0.2, 0.25) is 10.0 Å². The molecule has 160 valence electrons. The molecule has 2 rings (SSSR count). The van der Waals surface area contributed by atoms with E-state index >= 15 is 0 Å². The third kappa shape index (κ3) is 5.70. The summed E-state index contributed by atoms with van der Waals surface area (Å²) in [6.45, 7) is 8.43. The molecule has 0 saturated carbocycles. The number of nitrogens with zero attached hydrogens (tertiary/aromatic N) is 1. The highest BCUT2D eigenvalue weighted by Crippen LogP contribution is 2.32. The summed E-state index contributed by atoms with van der Waals surface area (Å²) in [5, 5.41) is 3.74. The van der Waals surface area contributed by atoms with Crippen LogP contribution in [0.15, 0.2) is 35.5 Å². The average Bonchev–Trinajstić information content (AvgIpc) is 2.66. The molecule has 0 aromatic heterocycles. The summed E-state index contributed by atoms with van der Waals surface area (Å²) in [4.78, 5) is 14.5. The second-order valence-corrected chi connectivity index (χ2v) is 8.97. The number of ether oxygens (including phenoxy) is 1. The van der Waals surface area contributed by atoms with Crippen molar-refractivity contribution in [2.24, 2.45) is 0 Å². The van der Waals surface area contributed by atoms with E-state index in [1.54, 1.807) is 31.2 Å². The fourth-order valence-electron chi connectivity index (χ4n) is 3.19. The van der Waals surface area contributed by atoms with E-state index in [2.05, 4.69) is 10.0 Å². The van der Waals surface area contributed by atoms with E-state index in [-0.39, 0.29) is 12.4 Å². The second kappa shape index (κ2) is 10.1. The Morgan fingerprint density at radius 1 is 1.24 bits per heavy atom. The second-order valence-electron chi connectivity index (χ2n) is 6.74. The van der Waals surface area contributed by atoms with Crippen LogP contribution in [0.2, 0.25) is 0 Å². The molecule has 1 aliphatic rings. The topological polar surface area (TPSA) is 87.7 Å². The maximum absolute atomic E-state index is 12.6. The number of hydrogen-bond acceptors (Lipinski definition) is 5. The Bertz CT molecular complexity index is 879. The molecule has 0 amide bonds. The van der Waals surface area contributed by atoms with Crippen molar-refractivity contribution in [1.29, 1.82) is 0 Å². The fraction of sp³-hybridized carbons (Fsp3) is 0.500. The van der Waals surface area contributed by atoms with Crippen LogP contribution in [0.1, 0.15) is 52.1 Å². The molecular formula is C20H29N3O4S2. The van der Waals surface area contributed by atoms with E-state index in [4.69, 9.17) is 17.0 Å². The van der Waals surface area contributed by atoms with Crippen LogP contribution in [0, 0.1) is 0 Å². The van der Waals surface area contributed by atoms with Crippen molar-refractivity contribution in [3.05, 3.63) is 41.1 Å². The predicted molar refractivity (Wildman–Crippen MR) is 119 cm³/mol. The van der Waals surface area contributed by atoms with Crippen LogP contribution < -0.4 is 10.0 Å². The number of hydrogen-bond donors (Lipinski definition) is 2. The van der Waals surface area contributed by atoms with Gasteiger partial charge in [-0.05, 0) is 57.1 Å². The van der Waals surface area contributed by atoms with Crippen LogP contribution in [-0.4, -0.2) is 43.3 Å². The molecule has 9 heteroatoms.